The topological polar surface area (TPSA) is 69.6 Å². The molecule has 0 spiro atoms. The van der Waals surface area contributed by atoms with Crippen LogP contribution in [0.2, 0.25) is 0 Å². The van der Waals surface area contributed by atoms with Gasteiger partial charge in [-0.2, -0.15) is 11.8 Å². The Balaban J connectivity index is 1.99. The average molecular weight is 199 g/mol. The van der Waals surface area contributed by atoms with Crippen LogP contribution in [0.4, 0.5) is 0 Å². The highest BCUT2D eigenvalue weighted by Crippen LogP contribution is 2.24. The highest BCUT2D eigenvalue weighted by Gasteiger charge is 2.17. The van der Waals surface area contributed by atoms with Gasteiger partial charge in [-0.15, -0.1) is 5.10 Å². The van der Waals surface area contributed by atoms with E-state index in [2.05, 4.69) is 15.5 Å². The van der Waals surface area contributed by atoms with Crippen LogP contribution in [0.25, 0.3) is 0 Å². The van der Waals surface area contributed by atoms with Crippen molar-refractivity contribution in [2.24, 2.45) is 11.7 Å². The van der Waals surface area contributed by atoms with Crippen LogP contribution >= 0.6 is 11.8 Å². The van der Waals surface area contributed by atoms with Crippen LogP contribution in [0.15, 0.2) is 0 Å². The van der Waals surface area contributed by atoms with Gasteiger partial charge in [0.2, 0.25) is 0 Å². The van der Waals surface area contributed by atoms with Crippen molar-refractivity contribution >= 4 is 11.8 Å². The maximum Gasteiger partial charge on any atom is 0.164 e. The van der Waals surface area contributed by atoms with Crippen molar-refractivity contribution in [2.75, 3.05) is 11.5 Å². The standard InChI is InChI=1S/C7H13N5S/c8-3-7-9-10-11-12(7)4-6-1-2-13-5-6/h6H,1-5,8H2. The maximum absolute atomic E-state index is 5.50. The van der Waals surface area contributed by atoms with Gasteiger partial charge in [-0.05, 0) is 34.3 Å². The van der Waals surface area contributed by atoms with E-state index in [1.807, 2.05) is 16.4 Å². The summed E-state index contributed by atoms with van der Waals surface area (Å²) in [6.45, 7) is 1.35. The Morgan fingerprint density at radius 3 is 3.23 bits per heavy atom. The second-order valence-corrected chi connectivity index (χ2v) is 4.36. The van der Waals surface area contributed by atoms with Crippen LogP contribution in [0, 0.1) is 5.92 Å². The number of nitrogens with two attached hydrogens (primary N) is 1. The van der Waals surface area contributed by atoms with E-state index in [0.717, 1.165) is 18.3 Å². The molecule has 2 rings (SSSR count). The highest BCUT2D eigenvalue weighted by atomic mass is 32.2. The van der Waals surface area contributed by atoms with Gasteiger partial charge in [-0.1, -0.05) is 0 Å². The molecule has 5 nitrogen and oxygen atoms in total. The fourth-order valence-electron chi connectivity index (χ4n) is 1.48. The normalized spacial score (nSPS) is 22.4. The minimum absolute atomic E-state index is 0.423. The number of nitrogens with zero attached hydrogens (tertiary/aromatic N) is 4. The predicted octanol–water partition coefficient (Wildman–Crippen LogP) is -0.115. The second-order valence-electron chi connectivity index (χ2n) is 3.21. The van der Waals surface area contributed by atoms with Crippen molar-refractivity contribution in [2.45, 2.75) is 19.5 Å². The third-order valence-electron chi connectivity index (χ3n) is 2.24. The zero-order valence-corrected chi connectivity index (χ0v) is 8.20. The molecule has 6 heteroatoms. The van der Waals surface area contributed by atoms with Gasteiger partial charge in [0.15, 0.2) is 5.82 Å². The quantitative estimate of drug-likeness (QED) is 0.735. The molecule has 0 amide bonds. The molecule has 1 aromatic rings. The minimum atomic E-state index is 0.423. The Hall–Kier alpha value is -0.620. The molecule has 2 heterocycles. The fraction of sp³-hybridized carbons (Fsp3) is 0.857. The van der Waals surface area contributed by atoms with Gasteiger partial charge in [0.05, 0.1) is 6.54 Å². The summed E-state index contributed by atoms with van der Waals surface area (Å²) in [6.07, 6.45) is 1.27. The van der Waals surface area contributed by atoms with Gasteiger partial charge in [0.1, 0.15) is 0 Å². The lowest BCUT2D eigenvalue weighted by molar-refractivity contribution is 0.438. The summed E-state index contributed by atoms with van der Waals surface area (Å²) < 4.78 is 1.83. The van der Waals surface area contributed by atoms with Crippen LogP contribution in [-0.4, -0.2) is 31.7 Å². The van der Waals surface area contributed by atoms with Gasteiger partial charge in [0, 0.05) is 6.54 Å². The molecule has 1 aliphatic heterocycles. The van der Waals surface area contributed by atoms with Crippen molar-refractivity contribution in [1.82, 2.24) is 20.2 Å². The van der Waals surface area contributed by atoms with E-state index in [1.54, 1.807) is 0 Å². The van der Waals surface area contributed by atoms with Crippen molar-refractivity contribution in [1.29, 1.82) is 0 Å². The summed E-state index contributed by atoms with van der Waals surface area (Å²) in [4.78, 5) is 0. The summed E-state index contributed by atoms with van der Waals surface area (Å²) in [5.74, 6) is 4.00. The molecular formula is C7H13N5S. The summed E-state index contributed by atoms with van der Waals surface area (Å²) in [7, 11) is 0. The number of hydrogen-bond donors (Lipinski definition) is 1. The zero-order valence-electron chi connectivity index (χ0n) is 7.39. The van der Waals surface area contributed by atoms with E-state index in [-0.39, 0.29) is 0 Å². The van der Waals surface area contributed by atoms with Crippen molar-refractivity contribution in [3.63, 3.8) is 0 Å². The van der Waals surface area contributed by atoms with Gasteiger partial charge in [-0.25, -0.2) is 4.68 Å². The number of hydrogen-bond acceptors (Lipinski definition) is 5. The highest BCUT2D eigenvalue weighted by molar-refractivity contribution is 7.99. The first-order chi connectivity index (χ1) is 6.40. The molecule has 1 fully saturated rings. The lowest BCUT2D eigenvalue weighted by Gasteiger charge is -2.08. The molecule has 1 saturated heterocycles. The van der Waals surface area contributed by atoms with Crippen LogP contribution in [0.1, 0.15) is 12.2 Å². The van der Waals surface area contributed by atoms with E-state index < -0.39 is 0 Å². The average Bonchev–Trinajstić information content (AvgIpc) is 2.76. The Morgan fingerprint density at radius 2 is 2.54 bits per heavy atom. The first kappa shape index (κ1) is 8.96. The van der Waals surface area contributed by atoms with Gasteiger partial charge in [-0.3, -0.25) is 0 Å². The van der Waals surface area contributed by atoms with E-state index in [4.69, 9.17) is 5.73 Å². The van der Waals surface area contributed by atoms with Crippen LogP contribution < -0.4 is 5.73 Å². The number of thioether (sulfide) groups is 1. The number of tetrazole rings is 1. The maximum atomic E-state index is 5.50. The van der Waals surface area contributed by atoms with E-state index in [0.29, 0.717) is 6.54 Å². The summed E-state index contributed by atoms with van der Waals surface area (Å²) >= 11 is 2.00. The molecule has 2 N–H and O–H groups in total. The third-order valence-corrected chi connectivity index (χ3v) is 3.48. The van der Waals surface area contributed by atoms with Gasteiger partial charge < -0.3 is 5.73 Å². The van der Waals surface area contributed by atoms with Crippen molar-refractivity contribution in [3.8, 4) is 0 Å². The Labute approximate surface area is 81.1 Å². The fourth-order valence-corrected chi connectivity index (χ4v) is 2.76. The molecule has 1 aromatic heterocycles. The summed E-state index contributed by atoms with van der Waals surface area (Å²) in [6, 6.07) is 0. The van der Waals surface area contributed by atoms with Crippen LogP contribution in [0.3, 0.4) is 0 Å². The molecule has 0 aliphatic carbocycles. The molecule has 1 aliphatic rings. The minimum Gasteiger partial charge on any atom is -0.324 e. The molecule has 0 saturated carbocycles. The third kappa shape index (κ3) is 2.00. The molecule has 0 aromatic carbocycles. The van der Waals surface area contributed by atoms with Gasteiger partial charge >= 0.3 is 0 Å². The van der Waals surface area contributed by atoms with E-state index in [9.17, 15) is 0 Å². The number of aromatic nitrogens is 4. The SMILES string of the molecule is NCc1nnnn1CC1CCSC1. The van der Waals surface area contributed by atoms with E-state index >= 15 is 0 Å². The monoisotopic (exact) mass is 199 g/mol. The largest absolute Gasteiger partial charge is 0.324 e. The summed E-state index contributed by atoms with van der Waals surface area (Å²) in [5, 5.41) is 11.4. The molecule has 72 valence electrons. The molecule has 1 atom stereocenters. The van der Waals surface area contributed by atoms with E-state index in [1.165, 1.54) is 17.9 Å². The molecule has 0 radical (unpaired) electrons. The van der Waals surface area contributed by atoms with Crippen LogP contribution in [-0.2, 0) is 13.1 Å². The Bertz CT molecular complexity index is 268. The van der Waals surface area contributed by atoms with Crippen molar-refractivity contribution < 1.29 is 0 Å². The summed E-state index contributed by atoms with van der Waals surface area (Å²) in [5.41, 5.74) is 5.50. The smallest absolute Gasteiger partial charge is 0.164 e. The first-order valence-electron chi connectivity index (χ1n) is 4.43. The molecular weight excluding hydrogens is 186 g/mol. The number of rotatable bonds is 3. The lowest BCUT2D eigenvalue weighted by Crippen LogP contribution is -2.16. The van der Waals surface area contributed by atoms with Gasteiger partial charge in [0.25, 0.3) is 0 Å². The van der Waals surface area contributed by atoms with Crippen LogP contribution in [0.5, 0.6) is 0 Å². The zero-order chi connectivity index (χ0) is 9.10. The molecule has 13 heavy (non-hydrogen) atoms. The lowest BCUT2D eigenvalue weighted by atomic mass is 10.1. The predicted molar refractivity (Wildman–Crippen MR) is 51.1 cm³/mol. The Kier molecular flexibility index (Phi) is 2.80. The first-order valence-corrected chi connectivity index (χ1v) is 5.58. The second kappa shape index (κ2) is 4.06. The molecule has 1 unspecified atom stereocenters. The Morgan fingerprint density at radius 1 is 1.62 bits per heavy atom. The molecule has 0 bridgehead atoms. The van der Waals surface area contributed by atoms with Crippen molar-refractivity contribution in [3.05, 3.63) is 5.82 Å².